The fourth-order valence-corrected chi connectivity index (χ4v) is 1.14. The Bertz CT molecular complexity index is 384. The number of hydrogen-bond acceptors (Lipinski definition) is 3. The third kappa shape index (κ3) is 2.90. The van der Waals surface area contributed by atoms with Crippen molar-refractivity contribution in [2.75, 3.05) is 19.0 Å². The standard InChI is InChI=1S/C10H11F2NO3/c1-16-5-8(10(14)15)13-7-4-2-3-6(11)9(7)12/h2-4,8,13H,5H2,1H3,(H,14,15). The normalized spacial score (nSPS) is 12.2. The number of ether oxygens (including phenoxy) is 1. The topological polar surface area (TPSA) is 58.6 Å². The highest BCUT2D eigenvalue weighted by atomic mass is 19.2. The van der Waals surface area contributed by atoms with Crippen LogP contribution < -0.4 is 5.32 Å². The highest BCUT2D eigenvalue weighted by Gasteiger charge is 2.19. The molecule has 1 unspecified atom stereocenters. The number of rotatable bonds is 5. The molecule has 0 aliphatic rings. The molecule has 16 heavy (non-hydrogen) atoms. The van der Waals surface area contributed by atoms with Crippen LogP contribution in [0.4, 0.5) is 14.5 Å². The van der Waals surface area contributed by atoms with Crippen molar-refractivity contribution in [3.05, 3.63) is 29.8 Å². The van der Waals surface area contributed by atoms with Gasteiger partial charge in [-0.3, -0.25) is 0 Å². The van der Waals surface area contributed by atoms with Crippen molar-refractivity contribution in [3.8, 4) is 0 Å². The number of halogens is 2. The van der Waals surface area contributed by atoms with Crippen LogP contribution in [0.5, 0.6) is 0 Å². The van der Waals surface area contributed by atoms with E-state index in [1.54, 1.807) is 0 Å². The smallest absolute Gasteiger partial charge is 0.328 e. The third-order valence-electron chi connectivity index (χ3n) is 1.91. The first-order valence-electron chi connectivity index (χ1n) is 4.48. The molecule has 6 heteroatoms. The lowest BCUT2D eigenvalue weighted by molar-refractivity contribution is -0.139. The molecule has 0 aliphatic carbocycles. The molecule has 2 N–H and O–H groups in total. The highest BCUT2D eigenvalue weighted by molar-refractivity contribution is 5.77. The minimum absolute atomic E-state index is 0.148. The molecule has 0 aliphatic heterocycles. The zero-order valence-electron chi connectivity index (χ0n) is 8.54. The van der Waals surface area contributed by atoms with E-state index in [4.69, 9.17) is 5.11 Å². The summed E-state index contributed by atoms with van der Waals surface area (Å²) in [5.74, 6) is -3.35. The predicted molar refractivity (Wildman–Crippen MR) is 53.3 cm³/mol. The van der Waals surface area contributed by atoms with Gasteiger partial charge in [-0.2, -0.15) is 0 Å². The van der Waals surface area contributed by atoms with Gasteiger partial charge in [-0.25, -0.2) is 13.6 Å². The van der Waals surface area contributed by atoms with Crippen LogP contribution in [0, 0.1) is 11.6 Å². The minimum Gasteiger partial charge on any atom is -0.480 e. The molecule has 0 saturated heterocycles. The Hall–Kier alpha value is -1.69. The molecule has 88 valence electrons. The van der Waals surface area contributed by atoms with Crippen molar-refractivity contribution in [1.29, 1.82) is 0 Å². The molecule has 0 saturated carbocycles. The Kier molecular flexibility index (Phi) is 4.19. The highest BCUT2D eigenvalue weighted by Crippen LogP contribution is 2.17. The molecule has 1 atom stereocenters. The molecular formula is C10H11F2NO3. The van der Waals surface area contributed by atoms with Gasteiger partial charge in [0.1, 0.15) is 6.04 Å². The summed E-state index contributed by atoms with van der Waals surface area (Å²) in [6.45, 7) is -0.148. The molecule has 0 radical (unpaired) electrons. The molecule has 0 aromatic heterocycles. The summed E-state index contributed by atoms with van der Waals surface area (Å²) < 4.78 is 30.7. The lowest BCUT2D eigenvalue weighted by Gasteiger charge is -2.15. The van der Waals surface area contributed by atoms with E-state index < -0.39 is 23.6 Å². The van der Waals surface area contributed by atoms with E-state index >= 15 is 0 Å². The summed E-state index contributed by atoms with van der Waals surface area (Å²) in [4.78, 5) is 10.7. The zero-order chi connectivity index (χ0) is 12.1. The van der Waals surface area contributed by atoms with Crippen LogP contribution in [0.15, 0.2) is 18.2 Å². The van der Waals surface area contributed by atoms with Crippen molar-refractivity contribution in [1.82, 2.24) is 0 Å². The maximum Gasteiger partial charge on any atom is 0.328 e. The lowest BCUT2D eigenvalue weighted by atomic mass is 10.2. The van der Waals surface area contributed by atoms with Crippen molar-refractivity contribution < 1.29 is 23.4 Å². The van der Waals surface area contributed by atoms with Gasteiger partial charge in [-0.15, -0.1) is 0 Å². The molecule has 0 bridgehead atoms. The first kappa shape index (κ1) is 12.4. The molecule has 0 fully saturated rings. The average molecular weight is 231 g/mol. The van der Waals surface area contributed by atoms with E-state index in [0.29, 0.717) is 0 Å². The molecule has 0 amide bonds. The summed E-state index contributed by atoms with van der Waals surface area (Å²) in [6, 6.07) is 2.37. The molecule has 0 heterocycles. The Morgan fingerprint density at radius 1 is 1.56 bits per heavy atom. The number of anilines is 1. The van der Waals surface area contributed by atoms with E-state index in [0.717, 1.165) is 6.07 Å². The van der Waals surface area contributed by atoms with Gasteiger partial charge in [0.2, 0.25) is 0 Å². The van der Waals surface area contributed by atoms with E-state index in [1.165, 1.54) is 19.2 Å². The second-order valence-corrected chi connectivity index (χ2v) is 3.09. The Morgan fingerprint density at radius 3 is 2.81 bits per heavy atom. The van der Waals surface area contributed by atoms with Crippen molar-refractivity contribution >= 4 is 11.7 Å². The quantitative estimate of drug-likeness (QED) is 0.805. The van der Waals surface area contributed by atoms with Crippen molar-refractivity contribution in [3.63, 3.8) is 0 Å². The monoisotopic (exact) mass is 231 g/mol. The number of carboxylic acid groups (broad SMARTS) is 1. The van der Waals surface area contributed by atoms with Gasteiger partial charge in [0, 0.05) is 7.11 Å². The van der Waals surface area contributed by atoms with Crippen molar-refractivity contribution in [2.24, 2.45) is 0 Å². The van der Waals surface area contributed by atoms with Gasteiger partial charge >= 0.3 is 5.97 Å². The largest absolute Gasteiger partial charge is 0.480 e. The van der Waals surface area contributed by atoms with Crippen LogP contribution in [-0.4, -0.2) is 30.8 Å². The maximum absolute atomic E-state index is 13.2. The third-order valence-corrected chi connectivity index (χ3v) is 1.91. The molecule has 0 spiro atoms. The maximum atomic E-state index is 13.2. The number of nitrogens with one attached hydrogen (secondary N) is 1. The van der Waals surface area contributed by atoms with E-state index in [9.17, 15) is 13.6 Å². The number of aliphatic carboxylic acids is 1. The molecule has 1 rings (SSSR count). The summed E-state index contributed by atoms with van der Waals surface area (Å²) in [5.41, 5.74) is -0.204. The minimum atomic E-state index is -1.20. The van der Waals surface area contributed by atoms with E-state index in [1.807, 2.05) is 0 Å². The number of methoxy groups -OCH3 is 1. The Labute approximate surface area is 90.8 Å². The van der Waals surface area contributed by atoms with Crippen LogP contribution in [0.1, 0.15) is 0 Å². The molecular weight excluding hydrogens is 220 g/mol. The number of carbonyl (C=O) groups is 1. The SMILES string of the molecule is COCC(Nc1cccc(F)c1F)C(=O)O. The van der Waals surface area contributed by atoms with Crippen LogP contribution in [0.2, 0.25) is 0 Å². The van der Waals surface area contributed by atoms with Gasteiger partial charge in [-0.05, 0) is 12.1 Å². The summed E-state index contributed by atoms with van der Waals surface area (Å²) in [6.07, 6.45) is 0. The second kappa shape index (κ2) is 5.41. The average Bonchev–Trinajstić information content (AvgIpc) is 2.23. The lowest BCUT2D eigenvalue weighted by Crippen LogP contribution is -2.34. The van der Waals surface area contributed by atoms with Crippen LogP contribution >= 0.6 is 0 Å². The van der Waals surface area contributed by atoms with Crippen LogP contribution in [0.3, 0.4) is 0 Å². The summed E-state index contributed by atoms with van der Waals surface area (Å²) in [7, 11) is 1.32. The first-order valence-corrected chi connectivity index (χ1v) is 4.48. The molecule has 1 aromatic carbocycles. The summed E-state index contributed by atoms with van der Waals surface area (Å²) in [5, 5.41) is 11.1. The number of carboxylic acids is 1. The van der Waals surface area contributed by atoms with Gasteiger partial charge in [0.05, 0.1) is 12.3 Å². The fourth-order valence-electron chi connectivity index (χ4n) is 1.14. The van der Waals surface area contributed by atoms with Gasteiger partial charge in [-0.1, -0.05) is 6.07 Å². The predicted octanol–water partition coefficient (Wildman–Crippen LogP) is 1.48. The zero-order valence-corrected chi connectivity index (χ0v) is 8.54. The van der Waals surface area contributed by atoms with Crippen LogP contribution in [0.25, 0.3) is 0 Å². The Morgan fingerprint density at radius 2 is 2.25 bits per heavy atom. The van der Waals surface area contributed by atoms with Gasteiger partial charge in [0.15, 0.2) is 11.6 Å². The Balaban J connectivity index is 2.85. The molecule has 4 nitrogen and oxygen atoms in total. The van der Waals surface area contributed by atoms with Crippen molar-refractivity contribution in [2.45, 2.75) is 6.04 Å². The first-order chi connectivity index (χ1) is 7.56. The van der Waals surface area contributed by atoms with Gasteiger partial charge in [0.25, 0.3) is 0 Å². The fraction of sp³-hybridized carbons (Fsp3) is 0.300. The van der Waals surface area contributed by atoms with E-state index in [-0.39, 0.29) is 12.3 Å². The molecule has 1 aromatic rings. The van der Waals surface area contributed by atoms with Crippen LogP contribution in [-0.2, 0) is 9.53 Å². The van der Waals surface area contributed by atoms with Gasteiger partial charge < -0.3 is 15.2 Å². The van der Waals surface area contributed by atoms with E-state index in [2.05, 4.69) is 10.1 Å². The summed E-state index contributed by atoms with van der Waals surface area (Å²) >= 11 is 0. The second-order valence-electron chi connectivity index (χ2n) is 3.09. The number of benzene rings is 1. The number of hydrogen-bond donors (Lipinski definition) is 2.